The van der Waals surface area contributed by atoms with Crippen molar-refractivity contribution < 1.29 is 4.58 Å². The van der Waals surface area contributed by atoms with Gasteiger partial charge in [-0.1, -0.05) is 81.7 Å². The third-order valence-electron chi connectivity index (χ3n) is 4.90. The average molecular weight is 354 g/mol. The van der Waals surface area contributed by atoms with Crippen molar-refractivity contribution in [1.82, 2.24) is 0 Å². The molecule has 1 nitrogen and oxygen atoms in total. The highest BCUT2D eigenvalue weighted by Crippen LogP contribution is 2.38. The third kappa shape index (κ3) is 4.55. The number of benzene rings is 1. The van der Waals surface area contributed by atoms with Crippen LogP contribution in [0.3, 0.4) is 0 Å². The van der Waals surface area contributed by atoms with Gasteiger partial charge in [0.05, 0.1) is 14.8 Å². The lowest BCUT2D eigenvalue weighted by Crippen LogP contribution is -2.31. The molecule has 1 aliphatic rings. The van der Waals surface area contributed by atoms with Crippen LogP contribution in [0, 0.1) is 32.2 Å². The first kappa shape index (κ1) is 19.8. The van der Waals surface area contributed by atoms with Crippen LogP contribution in [-0.4, -0.2) is 19.4 Å². The van der Waals surface area contributed by atoms with Crippen LogP contribution in [-0.2, 0) is 0 Å². The van der Waals surface area contributed by atoms with Crippen molar-refractivity contribution in [1.29, 1.82) is 0 Å². The van der Waals surface area contributed by atoms with Gasteiger partial charge in [0.15, 0.2) is 0 Å². The molecule has 0 bridgehead atoms. The fourth-order valence-corrected chi connectivity index (χ4v) is 5.16. The standard InChI is InChI=1S/C23H35NSi/c1-16-11-18(3)20(12-17(16)2)21-13-19(14-23(4,5)6)22(15-24(21)7)25(8,9)10/h11-13,15H,7,14H2,1-6,8-10H3. The summed E-state index contributed by atoms with van der Waals surface area (Å²) in [7, 11) is -1.43. The van der Waals surface area contributed by atoms with Crippen molar-refractivity contribution in [2.24, 2.45) is 5.41 Å². The zero-order valence-electron chi connectivity index (χ0n) is 17.7. The maximum Gasteiger partial charge on any atom is 0.147 e. The number of hydrogen-bond donors (Lipinski definition) is 0. The number of aryl methyl sites for hydroxylation is 3. The molecule has 0 aliphatic carbocycles. The molecule has 0 saturated heterocycles. The number of allylic oxidation sites excluding steroid dienone is 2. The molecule has 0 amide bonds. The van der Waals surface area contributed by atoms with Gasteiger partial charge < -0.3 is 0 Å². The van der Waals surface area contributed by atoms with E-state index in [9.17, 15) is 0 Å². The topological polar surface area (TPSA) is 3.01 Å². The van der Waals surface area contributed by atoms with Gasteiger partial charge in [-0.05, 0) is 42.5 Å². The third-order valence-corrected chi connectivity index (χ3v) is 6.96. The van der Waals surface area contributed by atoms with Crippen LogP contribution in [0.2, 0.25) is 19.6 Å². The Balaban J connectivity index is 2.57. The first-order valence-corrected chi connectivity index (χ1v) is 12.8. The Morgan fingerprint density at radius 1 is 1.00 bits per heavy atom. The molecule has 25 heavy (non-hydrogen) atoms. The minimum absolute atomic E-state index is 0.275. The minimum atomic E-state index is -1.43. The Bertz CT molecular complexity index is 752. The van der Waals surface area contributed by atoms with E-state index in [0.29, 0.717) is 0 Å². The quantitative estimate of drug-likeness (QED) is 0.339. The van der Waals surface area contributed by atoms with E-state index >= 15 is 0 Å². The molecular weight excluding hydrogens is 318 g/mol. The summed E-state index contributed by atoms with van der Waals surface area (Å²) in [5.74, 6) is 0. The van der Waals surface area contributed by atoms with E-state index < -0.39 is 8.07 Å². The summed E-state index contributed by atoms with van der Waals surface area (Å²) in [5, 5.41) is 1.53. The zero-order valence-corrected chi connectivity index (χ0v) is 18.7. The summed E-state index contributed by atoms with van der Waals surface area (Å²) < 4.78 is 2.09. The lowest BCUT2D eigenvalue weighted by atomic mass is 9.85. The molecule has 136 valence electrons. The number of rotatable bonds is 3. The molecule has 1 aromatic carbocycles. The molecule has 0 spiro atoms. The Morgan fingerprint density at radius 3 is 2.08 bits per heavy atom. The predicted molar refractivity (Wildman–Crippen MR) is 114 cm³/mol. The molecule has 0 N–H and O–H groups in total. The lowest BCUT2D eigenvalue weighted by molar-refractivity contribution is -0.418. The van der Waals surface area contributed by atoms with Crippen molar-refractivity contribution in [2.45, 2.75) is 67.6 Å². The van der Waals surface area contributed by atoms with Gasteiger partial charge in [0.1, 0.15) is 12.2 Å². The summed E-state index contributed by atoms with van der Waals surface area (Å²) in [6.45, 7) is 25.2. The van der Waals surface area contributed by atoms with Crippen molar-refractivity contribution in [2.75, 3.05) is 0 Å². The van der Waals surface area contributed by atoms with Gasteiger partial charge in [0.2, 0.25) is 0 Å². The second-order valence-electron chi connectivity index (χ2n) is 9.81. The molecule has 0 radical (unpaired) electrons. The molecular formula is C23H35NSi. The minimum Gasteiger partial charge on any atom is -0.255 e. The number of nitrogens with zero attached hydrogens (tertiary/aromatic N) is 1. The zero-order chi connectivity index (χ0) is 19.2. The normalized spacial score (nSPS) is 16.0. The summed E-state index contributed by atoms with van der Waals surface area (Å²) in [5.41, 5.74) is 7.09. The van der Waals surface area contributed by atoms with Gasteiger partial charge in [0, 0.05) is 0 Å². The van der Waals surface area contributed by atoms with Crippen molar-refractivity contribution in [3.8, 4) is 0 Å². The fourth-order valence-electron chi connectivity index (χ4n) is 3.50. The fraction of sp³-hybridized carbons (Fsp3) is 0.478. The Labute approximate surface area is 156 Å². The van der Waals surface area contributed by atoms with Gasteiger partial charge in [-0.2, -0.15) is 0 Å². The molecule has 1 aliphatic heterocycles. The second-order valence-corrected chi connectivity index (χ2v) is 14.8. The Morgan fingerprint density at radius 2 is 1.56 bits per heavy atom. The summed E-state index contributed by atoms with van der Waals surface area (Å²) in [6.07, 6.45) is 5.81. The summed E-state index contributed by atoms with van der Waals surface area (Å²) >= 11 is 0. The molecule has 2 heteroatoms. The van der Waals surface area contributed by atoms with E-state index in [1.54, 1.807) is 0 Å². The smallest absolute Gasteiger partial charge is 0.147 e. The van der Waals surface area contributed by atoms with Crippen LogP contribution < -0.4 is 0 Å². The average Bonchev–Trinajstić information content (AvgIpc) is 2.42. The van der Waals surface area contributed by atoms with E-state index in [-0.39, 0.29) is 5.41 Å². The van der Waals surface area contributed by atoms with E-state index in [4.69, 9.17) is 0 Å². The summed E-state index contributed by atoms with van der Waals surface area (Å²) in [4.78, 5) is 0. The summed E-state index contributed by atoms with van der Waals surface area (Å²) in [6, 6.07) is 5.83. The van der Waals surface area contributed by atoms with Crippen LogP contribution >= 0.6 is 0 Å². The Kier molecular flexibility index (Phi) is 5.25. The van der Waals surface area contributed by atoms with Crippen LogP contribution in [0.1, 0.15) is 49.4 Å². The van der Waals surface area contributed by atoms with E-state index in [1.165, 1.54) is 39.1 Å². The van der Waals surface area contributed by atoms with Gasteiger partial charge in [-0.25, -0.2) is 0 Å². The van der Waals surface area contributed by atoms with Gasteiger partial charge in [0.25, 0.3) is 0 Å². The van der Waals surface area contributed by atoms with Gasteiger partial charge in [-0.15, -0.1) is 0 Å². The van der Waals surface area contributed by atoms with Crippen LogP contribution in [0.4, 0.5) is 0 Å². The van der Waals surface area contributed by atoms with Crippen LogP contribution in [0.25, 0.3) is 0 Å². The molecule has 0 atom stereocenters. The van der Waals surface area contributed by atoms with Crippen molar-refractivity contribution in [3.63, 3.8) is 0 Å². The largest absolute Gasteiger partial charge is 0.255 e. The first-order valence-electron chi connectivity index (χ1n) is 9.28. The molecule has 0 unspecified atom stereocenters. The van der Waals surface area contributed by atoms with Crippen LogP contribution in [0.15, 0.2) is 35.2 Å². The molecule has 1 aromatic rings. The van der Waals surface area contributed by atoms with Gasteiger partial charge >= 0.3 is 0 Å². The SMILES string of the molecule is C=[N+]1C=C([Si](C)(C)C)C(CC(C)(C)C)=C[C-]1c1cc(C)c(C)cc1C. The number of hydrogen-bond acceptors (Lipinski definition) is 0. The molecule has 2 rings (SSSR count). The van der Waals surface area contributed by atoms with Crippen molar-refractivity contribution >= 4 is 14.8 Å². The first-order chi connectivity index (χ1) is 11.3. The highest BCUT2D eigenvalue weighted by Gasteiger charge is 2.31. The highest BCUT2D eigenvalue weighted by molar-refractivity contribution is 6.84. The Hall–Kier alpha value is -1.54. The molecule has 1 heterocycles. The predicted octanol–water partition coefficient (Wildman–Crippen LogP) is 6.34. The highest BCUT2D eigenvalue weighted by atomic mass is 28.3. The second kappa shape index (κ2) is 6.64. The van der Waals surface area contributed by atoms with E-state index in [0.717, 1.165) is 6.42 Å². The maximum absolute atomic E-state index is 4.34. The molecule has 0 fully saturated rings. The van der Waals surface area contributed by atoms with Gasteiger partial charge in [-0.3, -0.25) is 4.58 Å². The lowest BCUT2D eigenvalue weighted by Gasteiger charge is -2.34. The monoisotopic (exact) mass is 353 g/mol. The van der Waals surface area contributed by atoms with Crippen molar-refractivity contribution in [3.05, 3.63) is 63.5 Å². The van der Waals surface area contributed by atoms with E-state index in [1.807, 2.05) is 0 Å². The molecule has 0 aromatic heterocycles. The molecule has 0 saturated carbocycles. The van der Waals surface area contributed by atoms with Crippen LogP contribution in [0.5, 0.6) is 0 Å². The maximum atomic E-state index is 4.34. The van der Waals surface area contributed by atoms with E-state index in [2.05, 4.69) is 96.9 Å².